The summed E-state index contributed by atoms with van der Waals surface area (Å²) in [6.45, 7) is 3.68. The number of ether oxygens (including phenoxy) is 2. The van der Waals surface area contributed by atoms with Gasteiger partial charge in [0.05, 0.1) is 20.8 Å². The highest BCUT2D eigenvalue weighted by Gasteiger charge is 2.21. The van der Waals surface area contributed by atoms with Crippen LogP contribution in [0.3, 0.4) is 0 Å². The molecule has 1 aliphatic rings. The van der Waals surface area contributed by atoms with Crippen LogP contribution < -0.4 is 14.8 Å². The van der Waals surface area contributed by atoms with Crippen LogP contribution in [0.1, 0.15) is 30.1 Å². The third kappa shape index (κ3) is 4.61. The lowest BCUT2D eigenvalue weighted by Gasteiger charge is -2.31. The highest BCUT2D eigenvalue weighted by atomic mass is 16.5. The zero-order valence-electron chi connectivity index (χ0n) is 13.9. The second-order valence-electron chi connectivity index (χ2n) is 5.87. The summed E-state index contributed by atoms with van der Waals surface area (Å²) in [6.07, 6.45) is 2.17. The Bertz CT molecular complexity index is 551. The lowest BCUT2D eigenvalue weighted by molar-refractivity contribution is -0.131. The Hall–Kier alpha value is -2.24. The third-order valence-corrected chi connectivity index (χ3v) is 4.02. The lowest BCUT2D eigenvalue weighted by atomic mass is 10.0. The van der Waals surface area contributed by atoms with Gasteiger partial charge in [-0.15, -0.1) is 0 Å². The summed E-state index contributed by atoms with van der Waals surface area (Å²) >= 11 is 0. The fraction of sp³-hybridized carbons (Fsp3) is 0.529. The SMILES string of the molecule is COc1cc(OC)cc(C(=O)NCC(=O)N2CCCC(C)C2)c1. The number of likely N-dealkylation sites (tertiary alicyclic amines) is 1. The van der Waals surface area contributed by atoms with Crippen LogP contribution in [0.15, 0.2) is 18.2 Å². The number of benzene rings is 1. The number of amides is 2. The summed E-state index contributed by atoms with van der Waals surface area (Å²) in [7, 11) is 3.05. The second kappa shape index (κ2) is 7.85. The van der Waals surface area contributed by atoms with Gasteiger partial charge in [0.2, 0.25) is 5.91 Å². The Morgan fingerprint density at radius 3 is 2.43 bits per heavy atom. The molecular formula is C17H24N2O4. The summed E-state index contributed by atoms with van der Waals surface area (Å²) in [4.78, 5) is 26.2. The van der Waals surface area contributed by atoms with Gasteiger partial charge in [0.25, 0.3) is 5.91 Å². The lowest BCUT2D eigenvalue weighted by Crippen LogP contribution is -2.44. The predicted molar refractivity (Wildman–Crippen MR) is 86.9 cm³/mol. The molecule has 0 spiro atoms. The quantitative estimate of drug-likeness (QED) is 0.896. The number of hydrogen-bond donors (Lipinski definition) is 1. The van der Waals surface area contributed by atoms with Crippen molar-refractivity contribution < 1.29 is 19.1 Å². The zero-order valence-corrected chi connectivity index (χ0v) is 13.9. The van der Waals surface area contributed by atoms with Crippen molar-refractivity contribution in [3.8, 4) is 11.5 Å². The Balaban J connectivity index is 1.95. The molecule has 0 radical (unpaired) electrons. The second-order valence-corrected chi connectivity index (χ2v) is 5.87. The van der Waals surface area contributed by atoms with Crippen molar-refractivity contribution in [3.05, 3.63) is 23.8 Å². The fourth-order valence-electron chi connectivity index (χ4n) is 2.72. The van der Waals surface area contributed by atoms with E-state index in [2.05, 4.69) is 12.2 Å². The minimum Gasteiger partial charge on any atom is -0.497 e. The van der Waals surface area contributed by atoms with Crippen molar-refractivity contribution >= 4 is 11.8 Å². The monoisotopic (exact) mass is 320 g/mol. The molecule has 2 amide bonds. The number of carbonyl (C=O) groups is 2. The molecule has 0 bridgehead atoms. The molecule has 0 saturated carbocycles. The molecule has 2 rings (SSSR count). The van der Waals surface area contributed by atoms with Gasteiger partial charge >= 0.3 is 0 Å². The molecule has 1 fully saturated rings. The molecule has 1 saturated heterocycles. The van der Waals surface area contributed by atoms with Gasteiger partial charge in [-0.3, -0.25) is 9.59 Å². The smallest absolute Gasteiger partial charge is 0.251 e. The summed E-state index contributed by atoms with van der Waals surface area (Å²) < 4.78 is 10.3. The minimum atomic E-state index is -0.319. The van der Waals surface area contributed by atoms with Gasteiger partial charge in [-0.2, -0.15) is 0 Å². The predicted octanol–water partition coefficient (Wildman–Crippen LogP) is 1.69. The first-order valence-electron chi connectivity index (χ1n) is 7.82. The summed E-state index contributed by atoms with van der Waals surface area (Å²) in [5, 5.41) is 2.67. The molecule has 0 aliphatic carbocycles. The average molecular weight is 320 g/mol. The van der Waals surface area contributed by atoms with Crippen LogP contribution in [-0.2, 0) is 4.79 Å². The van der Waals surface area contributed by atoms with Crippen molar-refractivity contribution in [1.29, 1.82) is 0 Å². The van der Waals surface area contributed by atoms with Crippen molar-refractivity contribution in [2.24, 2.45) is 5.92 Å². The van der Waals surface area contributed by atoms with E-state index in [0.717, 1.165) is 25.9 Å². The van der Waals surface area contributed by atoms with Crippen LogP contribution in [0.2, 0.25) is 0 Å². The van der Waals surface area contributed by atoms with E-state index >= 15 is 0 Å². The molecule has 23 heavy (non-hydrogen) atoms. The normalized spacial score (nSPS) is 17.5. The first-order valence-corrected chi connectivity index (χ1v) is 7.82. The summed E-state index contributed by atoms with van der Waals surface area (Å²) in [6, 6.07) is 4.92. The highest BCUT2D eigenvalue weighted by Crippen LogP contribution is 2.22. The van der Waals surface area contributed by atoms with Crippen LogP contribution in [0.5, 0.6) is 11.5 Å². The molecule has 1 atom stereocenters. The summed E-state index contributed by atoms with van der Waals surface area (Å²) in [5.41, 5.74) is 0.404. The first-order chi connectivity index (χ1) is 11.0. The van der Waals surface area contributed by atoms with Crippen molar-refractivity contribution in [2.75, 3.05) is 33.9 Å². The number of nitrogens with one attached hydrogen (secondary N) is 1. The van der Waals surface area contributed by atoms with Gasteiger partial charge in [0.1, 0.15) is 11.5 Å². The minimum absolute atomic E-state index is 0.00504. The van der Waals surface area contributed by atoms with Gasteiger partial charge in [-0.05, 0) is 30.9 Å². The third-order valence-electron chi connectivity index (χ3n) is 4.02. The van der Waals surface area contributed by atoms with E-state index in [1.807, 2.05) is 4.90 Å². The Kier molecular flexibility index (Phi) is 5.84. The number of piperidine rings is 1. The molecule has 1 N–H and O–H groups in total. The van der Waals surface area contributed by atoms with E-state index in [4.69, 9.17) is 9.47 Å². The van der Waals surface area contributed by atoms with Crippen LogP contribution in [0.4, 0.5) is 0 Å². The topological polar surface area (TPSA) is 67.9 Å². The van der Waals surface area contributed by atoms with Gasteiger partial charge in [-0.1, -0.05) is 6.92 Å². The maximum absolute atomic E-state index is 12.2. The van der Waals surface area contributed by atoms with E-state index < -0.39 is 0 Å². The van der Waals surface area contributed by atoms with Crippen molar-refractivity contribution in [1.82, 2.24) is 10.2 Å². The van der Waals surface area contributed by atoms with Crippen LogP contribution >= 0.6 is 0 Å². The van der Waals surface area contributed by atoms with Crippen LogP contribution in [0, 0.1) is 5.92 Å². The first kappa shape index (κ1) is 17.1. The van der Waals surface area contributed by atoms with Crippen molar-refractivity contribution in [3.63, 3.8) is 0 Å². The largest absolute Gasteiger partial charge is 0.497 e. The maximum atomic E-state index is 12.2. The molecule has 6 nitrogen and oxygen atoms in total. The Labute approximate surface area is 136 Å². The number of hydrogen-bond acceptors (Lipinski definition) is 4. The van der Waals surface area contributed by atoms with Crippen molar-refractivity contribution in [2.45, 2.75) is 19.8 Å². The molecular weight excluding hydrogens is 296 g/mol. The molecule has 126 valence electrons. The number of carbonyl (C=O) groups excluding carboxylic acids is 2. The number of nitrogens with zero attached hydrogens (tertiary/aromatic N) is 1. The van der Waals surface area contributed by atoms with Crippen LogP contribution in [-0.4, -0.2) is 50.6 Å². The molecule has 0 aromatic heterocycles. The standard InChI is InChI=1S/C17H24N2O4/c1-12-5-4-6-19(11-12)16(20)10-18-17(21)13-7-14(22-2)9-15(8-13)23-3/h7-9,12H,4-6,10-11H2,1-3H3,(H,18,21). The molecule has 1 heterocycles. The van der Waals surface area contributed by atoms with Gasteiger partial charge in [-0.25, -0.2) is 0 Å². The van der Waals surface area contributed by atoms with E-state index in [1.54, 1.807) is 18.2 Å². The van der Waals surface area contributed by atoms with Gasteiger partial charge in [0.15, 0.2) is 0 Å². The fourth-order valence-corrected chi connectivity index (χ4v) is 2.72. The van der Waals surface area contributed by atoms with E-state index in [-0.39, 0.29) is 18.4 Å². The summed E-state index contributed by atoms with van der Waals surface area (Å²) in [5.74, 6) is 1.22. The van der Waals surface area contributed by atoms with E-state index in [9.17, 15) is 9.59 Å². The van der Waals surface area contributed by atoms with Crippen LogP contribution in [0.25, 0.3) is 0 Å². The van der Waals surface area contributed by atoms with Gasteiger partial charge in [0, 0.05) is 24.7 Å². The van der Waals surface area contributed by atoms with E-state index in [0.29, 0.717) is 23.0 Å². The van der Waals surface area contributed by atoms with Gasteiger partial charge < -0.3 is 19.7 Å². The molecule has 1 aromatic rings. The molecule has 1 aliphatic heterocycles. The Morgan fingerprint density at radius 2 is 1.87 bits per heavy atom. The molecule has 1 unspecified atom stereocenters. The molecule has 6 heteroatoms. The van der Waals surface area contributed by atoms with E-state index in [1.165, 1.54) is 14.2 Å². The number of methoxy groups -OCH3 is 2. The average Bonchev–Trinajstić information content (AvgIpc) is 2.58. The number of rotatable bonds is 5. The molecule has 1 aromatic carbocycles. The maximum Gasteiger partial charge on any atom is 0.251 e. The Morgan fingerprint density at radius 1 is 1.22 bits per heavy atom. The highest BCUT2D eigenvalue weighted by molar-refractivity contribution is 5.97. The zero-order chi connectivity index (χ0) is 16.8.